The highest BCUT2D eigenvalue weighted by Gasteiger charge is 2.50. The number of hydrogen-bond donors (Lipinski definition) is 2. The number of ether oxygens (including phenoxy) is 2. The van der Waals surface area contributed by atoms with E-state index >= 15 is 0 Å². The molecule has 6 atom stereocenters. The zero-order valence-corrected chi connectivity index (χ0v) is 35.7. The summed E-state index contributed by atoms with van der Waals surface area (Å²) >= 11 is 0. The van der Waals surface area contributed by atoms with Crippen molar-refractivity contribution in [3.63, 3.8) is 0 Å². The largest absolute Gasteiger partial charge is 0.378 e. The highest BCUT2D eigenvalue weighted by atomic mass is 33.1. The second kappa shape index (κ2) is 19.3. The van der Waals surface area contributed by atoms with E-state index < -0.39 is 11.1 Å². The van der Waals surface area contributed by atoms with Gasteiger partial charge in [0.05, 0.1) is 33.8 Å². The van der Waals surface area contributed by atoms with Crippen LogP contribution in [0.15, 0.2) is 48.6 Å². The molecule has 54 heavy (non-hydrogen) atoms. The third-order valence-corrected chi connectivity index (χ3v) is 17.0. The van der Waals surface area contributed by atoms with Crippen molar-refractivity contribution in [1.82, 2.24) is 10.6 Å². The molecule has 6 unspecified atom stereocenters. The molecule has 0 aromatic carbocycles. The first-order chi connectivity index (χ1) is 26.1. The van der Waals surface area contributed by atoms with Crippen LogP contribution in [0.5, 0.6) is 0 Å². The fourth-order valence-electron chi connectivity index (χ4n) is 10.2. The SMILES string of the molecule is CC(C)CCC1(C(=O)NC2(CC3CCCO3)C=CC=CC2SSC2C=CC=CC2(CC2CCCO2)NC(=O)C2(CCC(C)C)CCCCC2)CCCCC1. The van der Waals surface area contributed by atoms with Crippen molar-refractivity contribution in [2.75, 3.05) is 13.2 Å². The van der Waals surface area contributed by atoms with E-state index in [1.54, 1.807) is 0 Å². The number of amides is 2. The van der Waals surface area contributed by atoms with Crippen molar-refractivity contribution in [2.45, 2.75) is 190 Å². The smallest absolute Gasteiger partial charge is 0.226 e. The Balaban J connectivity index is 1.27. The van der Waals surface area contributed by atoms with Crippen LogP contribution < -0.4 is 10.6 Å². The van der Waals surface area contributed by atoms with Crippen LogP contribution in [-0.4, -0.2) is 58.8 Å². The van der Waals surface area contributed by atoms with E-state index in [4.69, 9.17) is 9.47 Å². The first-order valence-electron chi connectivity index (χ1n) is 22.0. The van der Waals surface area contributed by atoms with Crippen molar-refractivity contribution in [1.29, 1.82) is 0 Å². The van der Waals surface area contributed by atoms with Gasteiger partial charge < -0.3 is 20.1 Å². The van der Waals surface area contributed by atoms with Crippen LogP contribution in [0.3, 0.4) is 0 Å². The summed E-state index contributed by atoms with van der Waals surface area (Å²) in [7, 11) is 3.73. The molecule has 2 saturated heterocycles. The Bertz CT molecular complexity index is 1250. The molecule has 2 aliphatic heterocycles. The van der Waals surface area contributed by atoms with E-state index in [9.17, 15) is 9.59 Å². The maximum Gasteiger partial charge on any atom is 0.226 e. The maximum atomic E-state index is 14.8. The summed E-state index contributed by atoms with van der Waals surface area (Å²) in [5.74, 6) is 1.64. The molecule has 2 heterocycles. The molecule has 4 aliphatic carbocycles. The maximum absolute atomic E-state index is 14.8. The van der Waals surface area contributed by atoms with Gasteiger partial charge in [0.1, 0.15) is 0 Å². The summed E-state index contributed by atoms with van der Waals surface area (Å²) in [6.45, 7) is 10.7. The van der Waals surface area contributed by atoms with Gasteiger partial charge in [0.15, 0.2) is 0 Å². The predicted octanol–water partition coefficient (Wildman–Crippen LogP) is 11.0. The van der Waals surface area contributed by atoms with Crippen LogP contribution in [-0.2, 0) is 19.1 Å². The zero-order valence-electron chi connectivity index (χ0n) is 34.1. The van der Waals surface area contributed by atoms with Gasteiger partial charge in [0.25, 0.3) is 0 Å². The molecule has 0 radical (unpaired) electrons. The predicted molar refractivity (Wildman–Crippen MR) is 227 cm³/mol. The molecule has 302 valence electrons. The summed E-state index contributed by atoms with van der Waals surface area (Å²) in [5.41, 5.74) is -1.71. The summed E-state index contributed by atoms with van der Waals surface area (Å²) in [5, 5.41) is 7.63. The molecular weight excluding hydrogens is 709 g/mol. The summed E-state index contributed by atoms with van der Waals surface area (Å²) in [4.78, 5) is 29.6. The summed E-state index contributed by atoms with van der Waals surface area (Å²) in [6, 6.07) is 0. The highest BCUT2D eigenvalue weighted by Crippen LogP contribution is 2.50. The number of hydrogen-bond acceptors (Lipinski definition) is 6. The number of carbonyl (C=O) groups is 2. The lowest BCUT2D eigenvalue weighted by atomic mass is 9.69. The third-order valence-electron chi connectivity index (χ3n) is 13.7. The van der Waals surface area contributed by atoms with Crippen LogP contribution in [0.4, 0.5) is 0 Å². The number of nitrogens with one attached hydrogen (secondary N) is 2. The van der Waals surface area contributed by atoms with Gasteiger partial charge in [0, 0.05) is 36.9 Å². The Morgan fingerprint density at radius 3 is 1.37 bits per heavy atom. The van der Waals surface area contributed by atoms with Crippen molar-refractivity contribution >= 4 is 33.4 Å². The Morgan fingerprint density at radius 1 is 0.611 bits per heavy atom. The first kappa shape index (κ1) is 42.1. The molecule has 4 fully saturated rings. The highest BCUT2D eigenvalue weighted by molar-refractivity contribution is 8.77. The van der Waals surface area contributed by atoms with Gasteiger partial charge in [-0.1, -0.05) is 136 Å². The average Bonchev–Trinajstić information content (AvgIpc) is 3.89. The van der Waals surface area contributed by atoms with E-state index in [1.165, 1.54) is 12.8 Å². The first-order valence-corrected chi connectivity index (χ1v) is 24.3. The lowest BCUT2D eigenvalue weighted by Crippen LogP contribution is -2.60. The van der Waals surface area contributed by atoms with Crippen molar-refractivity contribution in [2.24, 2.45) is 22.7 Å². The lowest BCUT2D eigenvalue weighted by molar-refractivity contribution is -0.136. The molecule has 8 heteroatoms. The molecule has 2 N–H and O–H groups in total. The Morgan fingerprint density at radius 2 is 1.02 bits per heavy atom. The molecule has 2 amide bonds. The van der Waals surface area contributed by atoms with Crippen LogP contribution >= 0.6 is 21.6 Å². The van der Waals surface area contributed by atoms with Crippen molar-refractivity contribution < 1.29 is 19.1 Å². The summed E-state index contributed by atoms with van der Waals surface area (Å²) in [6.07, 6.45) is 38.8. The Labute approximate surface area is 336 Å². The van der Waals surface area contributed by atoms with Crippen molar-refractivity contribution in [3.05, 3.63) is 48.6 Å². The van der Waals surface area contributed by atoms with Gasteiger partial charge in [0.2, 0.25) is 11.8 Å². The van der Waals surface area contributed by atoms with Gasteiger partial charge in [-0.2, -0.15) is 0 Å². The molecule has 6 aliphatic rings. The van der Waals surface area contributed by atoms with Gasteiger partial charge in [-0.15, -0.1) is 0 Å². The number of rotatable bonds is 17. The molecule has 2 saturated carbocycles. The second-order valence-corrected chi connectivity index (χ2v) is 21.3. The van der Waals surface area contributed by atoms with Gasteiger partial charge >= 0.3 is 0 Å². The van der Waals surface area contributed by atoms with Crippen LogP contribution in [0, 0.1) is 22.7 Å². The normalized spacial score (nSPS) is 33.1. The molecule has 6 nitrogen and oxygen atoms in total. The van der Waals surface area contributed by atoms with E-state index in [0.717, 1.165) is 129 Å². The van der Waals surface area contributed by atoms with E-state index in [0.29, 0.717) is 11.8 Å². The topological polar surface area (TPSA) is 76.7 Å². The summed E-state index contributed by atoms with van der Waals surface area (Å²) < 4.78 is 12.6. The molecule has 0 spiro atoms. The van der Waals surface area contributed by atoms with Gasteiger partial charge in [-0.05, 0) is 88.9 Å². The van der Waals surface area contributed by atoms with Crippen LogP contribution in [0.2, 0.25) is 0 Å². The van der Waals surface area contributed by atoms with Gasteiger partial charge in [-0.25, -0.2) is 0 Å². The minimum atomic E-state index is -0.557. The molecule has 6 rings (SSSR count). The lowest BCUT2D eigenvalue weighted by Gasteiger charge is -2.46. The van der Waals surface area contributed by atoms with E-state index in [2.05, 4.69) is 86.9 Å². The quantitative estimate of drug-likeness (QED) is 0.143. The third kappa shape index (κ3) is 10.3. The minimum absolute atomic E-state index is 0.0116. The van der Waals surface area contributed by atoms with Crippen molar-refractivity contribution in [3.8, 4) is 0 Å². The zero-order chi connectivity index (χ0) is 38.1. The Hall–Kier alpha value is -1.48. The Kier molecular flexibility index (Phi) is 15.1. The molecule has 0 bridgehead atoms. The monoisotopic (exact) mass is 780 g/mol. The standard InChI is InChI=1S/C46H72N2O4S2/c1-35(2)21-29-43(23-9-5-10-24-43)41(49)47-45(33-37-17-15-31-51-37)27-13-7-19-39(45)53-54-40-20-8-14-28-46(40,34-38-18-16-32-52-38)48-42(50)44(30-22-36(3)4)25-11-6-12-26-44/h7-8,13-14,19-20,27-28,35-40H,5-6,9-12,15-18,21-26,29-34H2,1-4H3,(H,47,49)(H,48,50). The molecular formula is C46H72N2O4S2. The fraction of sp³-hybridized carbons (Fsp3) is 0.783. The molecule has 0 aromatic rings. The van der Waals surface area contributed by atoms with Gasteiger partial charge in [-0.3, -0.25) is 9.59 Å². The number of carbonyl (C=O) groups excluding carboxylic acids is 2. The van der Waals surface area contributed by atoms with E-state index in [1.807, 2.05) is 21.6 Å². The average molecular weight is 781 g/mol. The molecule has 0 aromatic heterocycles. The van der Waals surface area contributed by atoms with E-state index in [-0.39, 0.29) is 45.4 Å². The van der Waals surface area contributed by atoms with Crippen LogP contribution in [0.25, 0.3) is 0 Å². The van der Waals surface area contributed by atoms with Crippen LogP contribution in [0.1, 0.15) is 156 Å². The second-order valence-electron chi connectivity index (χ2n) is 18.7. The fourth-order valence-corrected chi connectivity index (χ4v) is 13.7. The number of allylic oxidation sites excluding steroid dienone is 4. The minimum Gasteiger partial charge on any atom is -0.378 e.